The van der Waals surface area contributed by atoms with E-state index in [1.54, 1.807) is 32.4 Å². The van der Waals surface area contributed by atoms with E-state index in [4.69, 9.17) is 9.47 Å². The molecule has 0 bridgehead atoms. The second-order valence-corrected chi connectivity index (χ2v) is 5.78. The highest BCUT2D eigenvalue weighted by atomic mass is 79.9. The molecular formula is C14H18BrNO3. The van der Waals surface area contributed by atoms with Gasteiger partial charge in [0.25, 0.3) is 5.91 Å². The lowest BCUT2D eigenvalue weighted by atomic mass is 10.1. The number of amides is 1. The molecule has 1 saturated carbocycles. The third-order valence-electron chi connectivity index (χ3n) is 3.25. The monoisotopic (exact) mass is 327 g/mol. The first-order valence-electron chi connectivity index (χ1n) is 6.30. The molecule has 0 aliphatic heterocycles. The lowest BCUT2D eigenvalue weighted by Crippen LogP contribution is -2.31. The molecule has 4 nitrogen and oxygen atoms in total. The van der Waals surface area contributed by atoms with Crippen LogP contribution in [-0.4, -0.2) is 31.5 Å². The van der Waals surface area contributed by atoms with Crippen LogP contribution in [-0.2, 0) is 0 Å². The van der Waals surface area contributed by atoms with Crippen molar-refractivity contribution in [3.63, 3.8) is 0 Å². The molecule has 2 rings (SSSR count). The van der Waals surface area contributed by atoms with Gasteiger partial charge in [-0.15, -0.1) is 0 Å². The minimum Gasteiger partial charge on any atom is -0.496 e. The molecular weight excluding hydrogens is 310 g/mol. The molecule has 1 fully saturated rings. The number of nitrogens with one attached hydrogen (secondary N) is 1. The first-order valence-corrected chi connectivity index (χ1v) is 7.22. The van der Waals surface area contributed by atoms with Gasteiger partial charge < -0.3 is 14.8 Å². The third-order valence-corrected chi connectivity index (χ3v) is 4.32. The maximum atomic E-state index is 12.3. The number of carbonyl (C=O) groups is 1. The van der Waals surface area contributed by atoms with Crippen LogP contribution in [0.15, 0.2) is 18.2 Å². The number of ether oxygens (including phenoxy) is 2. The zero-order valence-corrected chi connectivity index (χ0v) is 12.7. The van der Waals surface area contributed by atoms with Gasteiger partial charge in [-0.05, 0) is 30.9 Å². The number of hydrogen-bond acceptors (Lipinski definition) is 3. The van der Waals surface area contributed by atoms with E-state index in [2.05, 4.69) is 21.2 Å². The summed E-state index contributed by atoms with van der Waals surface area (Å²) in [5.41, 5.74) is 0.447. The fraction of sp³-hybridized carbons (Fsp3) is 0.500. The zero-order valence-electron chi connectivity index (χ0n) is 11.1. The number of rotatable bonds is 6. The summed E-state index contributed by atoms with van der Waals surface area (Å²) in [6.45, 7) is 0.616. The summed E-state index contributed by atoms with van der Waals surface area (Å²) in [4.78, 5) is 12.6. The zero-order chi connectivity index (χ0) is 13.8. The molecule has 5 heteroatoms. The van der Waals surface area contributed by atoms with Gasteiger partial charge in [-0.3, -0.25) is 4.79 Å². The summed E-state index contributed by atoms with van der Waals surface area (Å²) >= 11 is 3.60. The minimum atomic E-state index is -0.167. The van der Waals surface area contributed by atoms with Crippen LogP contribution in [0, 0.1) is 5.92 Å². The van der Waals surface area contributed by atoms with Gasteiger partial charge in [0, 0.05) is 11.4 Å². The van der Waals surface area contributed by atoms with E-state index >= 15 is 0 Å². The van der Waals surface area contributed by atoms with Crippen LogP contribution in [0.5, 0.6) is 11.5 Å². The number of benzene rings is 1. The average Bonchev–Trinajstić information content (AvgIpc) is 3.27. The summed E-state index contributed by atoms with van der Waals surface area (Å²) in [6, 6.07) is 5.31. The lowest BCUT2D eigenvalue weighted by Gasteiger charge is -2.14. The second-order valence-electron chi connectivity index (χ2n) is 4.60. The Bertz CT molecular complexity index is 438. The Morgan fingerprint density at radius 2 is 1.95 bits per heavy atom. The number of halogens is 1. The molecule has 1 aliphatic carbocycles. The van der Waals surface area contributed by atoms with Crippen molar-refractivity contribution in [3.05, 3.63) is 23.8 Å². The van der Waals surface area contributed by atoms with E-state index in [-0.39, 0.29) is 5.91 Å². The molecule has 0 spiro atoms. The predicted molar refractivity (Wildman–Crippen MR) is 77.3 cm³/mol. The molecule has 0 saturated heterocycles. The van der Waals surface area contributed by atoms with Crippen molar-refractivity contribution in [1.82, 2.24) is 5.32 Å². The van der Waals surface area contributed by atoms with E-state index in [1.165, 1.54) is 12.8 Å². The van der Waals surface area contributed by atoms with Crippen LogP contribution in [0.2, 0.25) is 0 Å². The Hall–Kier alpha value is -1.23. The van der Waals surface area contributed by atoms with E-state index < -0.39 is 0 Å². The first-order chi connectivity index (χ1) is 9.17. The summed E-state index contributed by atoms with van der Waals surface area (Å²) < 4.78 is 10.4. The van der Waals surface area contributed by atoms with Crippen LogP contribution in [0.4, 0.5) is 0 Å². The van der Waals surface area contributed by atoms with Crippen LogP contribution >= 0.6 is 15.9 Å². The molecule has 1 amide bonds. The van der Waals surface area contributed by atoms with E-state index in [1.807, 2.05) is 0 Å². The molecule has 19 heavy (non-hydrogen) atoms. The summed E-state index contributed by atoms with van der Waals surface area (Å²) in [7, 11) is 3.09. The van der Waals surface area contributed by atoms with Crippen molar-refractivity contribution in [3.8, 4) is 11.5 Å². The van der Waals surface area contributed by atoms with Crippen molar-refractivity contribution in [1.29, 1.82) is 0 Å². The van der Waals surface area contributed by atoms with Crippen LogP contribution < -0.4 is 14.8 Å². The molecule has 1 aromatic rings. The fourth-order valence-electron chi connectivity index (χ4n) is 1.98. The van der Waals surface area contributed by atoms with Crippen LogP contribution in [0.1, 0.15) is 23.2 Å². The maximum absolute atomic E-state index is 12.3. The molecule has 1 N–H and O–H groups in total. The van der Waals surface area contributed by atoms with Crippen LogP contribution in [0.25, 0.3) is 0 Å². The highest BCUT2D eigenvalue weighted by Gasteiger charge is 2.29. The Kier molecular flexibility index (Phi) is 4.69. The highest BCUT2D eigenvalue weighted by molar-refractivity contribution is 9.09. The molecule has 0 radical (unpaired) electrons. The van der Waals surface area contributed by atoms with Gasteiger partial charge >= 0.3 is 0 Å². The maximum Gasteiger partial charge on any atom is 0.258 e. The largest absolute Gasteiger partial charge is 0.496 e. The quantitative estimate of drug-likeness (QED) is 0.817. The van der Waals surface area contributed by atoms with Crippen molar-refractivity contribution >= 4 is 21.8 Å². The Balaban J connectivity index is 2.08. The van der Waals surface area contributed by atoms with Crippen molar-refractivity contribution in [2.45, 2.75) is 17.7 Å². The van der Waals surface area contributed by atoms with Crippen LogP contribution in [0.3, 0.4) is 0 Å². The number of methoxy groups -OCH3 is 2. The number of carbonyl (C=O) groups excluding carboxylic acids is 1. The SMILES string of the molecule is COc1cccc(OC)c1C(=O)NCC(Br)C1CC1. The van der Waals surface area contributed by atoms with Gasteiger partial charge in [-0.25, -0.2) is 0 Å². The standard InChI is InChI=1S/C14H18BrNO3/c1-18-11-4-3-5-12(19-2)13(11)14(17)16-8-10(15)9-6-7-9/h3-5,9-10H,6-8H2,1-2H3,(H,16,17). The summed E-state index contributed by atoms with van der Waals surface area (Å²) in [6.07, 6.45) is 2.48. The fourth-order valence-corrected chi connectivity index (χ4v) is 2.67. The molecule has 0 heterocycles. The summed E-state index contributed by atoms with van der Waals surface area (Å²) in [5, 5.41) is 2.92. The summed E-state index contributed by atoms with van der Waals surface area (Å²) in [5.74, 6) is 1.57. The van der Waals surface area contributed by atoms with E-state index in [0.29, 0.717) is 34.4 Å². The third kappa shape index (κ3) is 3.41. The number of hydrogen-bond donors (Lipinski definition) is 1. The van der Waals surface area contributed by atoms with E-state index in [0.717, 1.165) is 0 Å². The van der Waals surface area contributed by atoms with Gasteiger partial charge in [0.2, 0.25) is 0 Å². The first kappa shape index (κ1) is 14.2. The second kappa shape index (κ2) is 6.28. The van der Waals surface area contributed by atoms with Gasteiger partial charge in [-0.1, -0.05) is 22.0 Å². The molecule has 1 aromatic carbocycles. The molecule has 1 aliphatic rings. The van der Waals surface area contributed by atoms with E-state index in [9.17, 15) is 4.79 Å². The Labute approximate surface area is 121 Å². The minimum absolute atomic E-state index is 0.167. The predicted octanol–water partition coefficient (Wildman–Crippen LogP) is 2.61. The van der Waals surface area contributed by atoms with Gasteiger partial charge in [0.1, 0.15) is 17.1 Å². The highest BCUT2D eigenvalue weighted by Crippen LogP contribution is 2.36. The van der Waals surface area contributed by atoms with Crippen molar-refractivity contribution < 1.29 is 14.3 Å². The van der Waals surface area contributed by atoms with Gasteiger partial charge in [0.15, 0.2) is 0 Å². The molecule has 1 atom stereocenters. The number of alkyl halides is 1. The van der Waals surface area contributed by atoms with Crippen molar-refractivity contribution in [2.24, 2.45) is 5.92 Å². The van der Waals surface area contributed by atoms with Gasteiger partial charge in [0.05, 0.1) is 14.2 Å². The average molecular weight is 328 g/mol. The smallest absolute Gasteiger partial charge is 0.258 e. The Morgan fingerprint density at radius 1 is 1.37 bits per heavy atom. The molecule has 0 aromatic heterocycles. The normalized spacial score (nSPS) is 15.7. The lowest BCUT2D eigenvalue weighted by molar-refractivity contribution is 0.0947. The molecule has 104 valence electrons. The van der Waals surface area contributed by atoms with Crippen molar-refractivity contribution in [2.75, 3.05) is 20.8 Å². The van der Waals surface area contributed by atoms with Gasteiger partial charge in [-0.2, -0.15) is 0 Å². The molecule has 1 unspecified atom stereocenters. The topological polar surface area (TPSA) is 47.6 Å². The Morgan fingerprint density at radius 3 is 2.42 bits per heavy atom.